The lowest BCUT2D eigenvalue weighted by atomic mass is 10.1. The molecule has 1 N–H and O–H groups in total. The van der Waals surface area contributed by atoms with Gasteiger partial charge < -0.3 is 9.15 Å². The third kappa shape index (κ3) is 5.40. The minimum Gasteiger partial charge on any atom is -0.481 e. The van der Waals surface area contributed by atoms with Crippen LogP contribution in [0, 0.1) is 12.7 Å². The molecule has 0 atom stereocenters. The Labute approximate surface area is 220 Å². The van der Waals surface area contributed by atoms with E-state index in [4.69, 9.17) is 9.15 Å². The number of halogens is 2. The maximum absolute atomic E-state index is 14.2. The number of aromatic nitrogens is 4. The first-order chi connectivity index (χ1) is 17.9. The first-order valence-corrected chi connectivity index (χ1v) is 12.6. The van der Waals surface area contributed by atoms with Gasteiger partial charge in [0.2, 0.25) is 5.88 Å². The number of nitrogens with zero attached hydrogens (tertiary/aromatic N) is 4. The van der Waals surface area contributed by atoms with Gasteiger partial charge in [-0.1, -0.05) is 0 Å². The molecule has 5 aromatic rings. The van der Waals surface area contributed by atoms with Gasteiger partial charge in [0, 0.05) is 36.9 Å². The van der Waals surface area contributed by atoms with Crippen LogP contribution in [0.1, 0.15) is 28.9 Å². The van der Waals surface area contributed by atoms with Crippen LogP contribution in [-0.2, 0) is 19.5 Å². The number of ether oxygens (including phenoxy) is 1. The van der Waals surface area contributed by atoms with Gasteiger partial charge in [0.15, 0.2) is 5.43 Å². The second-order valence-corrected chi connectivity index (χ2v) is 9.73. The van der Waals surface area contributed by atoms with Gasteiger partial charge in [-0.05, 0) is 71.6 Å². The Hall–Kier alpha value is -3.63. The van der Waals surface area contributed by atoms with Crippen LogP contribution in [-0.4, -0.2) is 38.7 Å². The Morgan fingerprint density at radius 3 is 2.86 bits per heavy atom. The number of aryl methyl sites for hydroxylation is 2. The van der Waals surface area contributed by atoms with Crippen LogP contribution in [0.5, 0.6) is 5.88 Å². The number of benzene rings is 1. The Morgan fingerprint density at radius 2 is 2.03 bits per heavy atom. The van der Waals surface area contributed by atoms with E-state index in [0.29, 0.717) is 42.4 Å². The molecule has 10 heteroatoms. The molecular weight excluding hydrogens is 541 g/mol. The fraction of sp³-hybridized carbons (Fsp3) is 0.259. The molecule has 0 aliphatic carbocycles. The number of hydrogen-bond donors (Lipinski definition) is 1. The molecular formula is C27H25BrFN5O3. The topological polar surface area (TPSA) is 97.1 Å². The third-order valence-electron chi connectivity index (χ3n) is 6.39. The highest BCUT2D eigenvalue weighted by molar-refractivity contribution is 9.10. The maximum atomic E-state index is 14.2. The summed E-state index contributed by atoms with van der Waals surface area (Å²) in [4.78, 5) is 24.1. The molecule has 0 saturated carbocycles. The summed E-state index contributed by atoms with van der Waals surface area (Å²) in [6, 6.07) is 6.53. The van der Waals surface area contributed by atoms with E-state index in [1.165, 1.54) is 12.1 Å². The van der Waals surface area contributed by atoms with Crippen molar-refractivity contribution < 1.29 is 13.5 Å². The molecule has 8 nitrogen and oxygen atoms in total. The van der Waals surface area contributed by atoms with Gasteiger partial charge in [0.1, 0.15) is 17.2 Å². The Balaban J connectivity index is 1.42. The molecule has 0 radical (unpaired) electrons. The number of H-pyrrole nitrogens is 1. The summed E-state index contributed by atoms with van der Waals surface area (Å²) in [6.07, 6.45) is 8.77. The van der Waals surface area contributed by atoms with Gasteiger partial charge in [-0.25, -0.2) is 9.37 Å². The molecule has 4 aromatic heterocycles. The number of rotatable bonds is 9. The van der Waals surface area contributed by atoms with Gasteiger partial charge in [-0.2, -0.15) is 5.10 Å². The first-order valence-electron chi connectivity index (χ1n) is 11.8. The average molecular weight is 566 g/mol. The predicted octanol–water partition coefficient (Wildman–Crippen LogP) is 5.31. The molecule has 0 aliphatic heterocycles. The van der Waals surface area contributed by atoms with Crippen molar-refractivity contribution in [2.75, 3.05) is 13.7 Å². The highest BCUT2D eigenvalue weighted by Crippen LogP contribution is 2.24. The lowest BCUT2D eigenvalue weighted by Gasteiger charge is -2.23. The van der Waals surface area contributed by atoms with E-state index in [1.807, 2.05) is 24.5 Å². The molecule has 0 unspecified atom stereocenters. The largest absolute Gasteiger partial charge is 0.481 e. The van der Waals surface area contributed by atoms with E-state index >= 15 is 0 Å². The predicted molar refractivity (Wildman–Crippen MR) is 142 cm³/mol. The van der Waals surface area contributed by atoms with E-state index < -0.39 is 5.82 Å². The molecule has 190 valence electrons. The summed E-state index contributed by atoms with van der Waals surface area (Å²) >= 11 is 3.16. The van der Waals surface area contributed by atoms with Crippen LogP contribution < -0.4 is 10.2 Å². The number of aromatic amines is 1. The van der Waals surface area contributed by atoms with Crippen molar-refractivity contribution in [3.05, 3.63) is 92.0 Å². The minimum absolute atomic E-state index is 0.226. The van der Waals surface area contributed by atoms with Crippen molar-refractivity contribution in [3.63, 3.8) is 0 Å². The standard InChI is InChI=1S/C27H25BrFN5O3/c1-16-21(27(35)19-9-23(29)22(28)10-25(19)37-16)15-34(14-17-5-6-31-26(8-17)36-2)7-3-4-18-11-30-13-24-20(18)12-32-33-24/h5-6,8-13H,3-4,7,14-15H2,1-2H3,(H,32,33). The summed E-state index contributed by atoms with van der Waals surface area (Å²) in [5, 5.41) is 8.36. The normalized spacial score (nSPS) is 11.6. The van der Waals surface area contributed by atoms with E-state index in [9.17, 15) is 9.18 Å². The van der Waals surface area contributed by atoms with Crippen LogP contribution in [0.15, 0.2) is 62.7 Å². The Morgan fingerprint density at radius 1 is 1.16 bits per heavy atom. The molecule has 5 rings (SSSR count). The second kappa shape index (κ2) is 10.8. The van der Waals surface area contributed by atoms with Gasteiger partial charge in [-0.3, -0.25) is 19.8 Å². The zero-order valence-electron chi connectivity index (χ0n) is 20.4. The number of methoxy groups -OCH3 is 1. The summed E-state index contributed by atoms with van der Waals surface area (Å²) in [5.74, 6) is 0.538. The third-order valence-corrected chi connectivity index (χ3v) is 7.00. The quantitative estimate of drug-likeness (QED) is 0.258. The smallest absolute Gasteiger partial charge is 0.213 e. The molecule has 0 amide bonds. The van der Waals surface area contributed by atoms with Crippen LogP contribution in [0.3, 0.4) is 0 Å². The highest BCUT2D eigenvalue weighted by atomic mass is 79.9. The van der Waals surface area contributed by atoms with Crippen molar-refractivity contribution in [3.8, 4) is 5.88 Å². The van der Waals surface area contributed by atoms with Crippen LogP contribution >= 0.6 is 15.9 Å². The molecule has 1 aromatic carbocycles. The molecule has 0 bridgehead atoms. The van der Waals surface area contributed by atoms with E-state index in [-0.39, 0.29) is 15.3 Å². The van der Waals surface area contributed by atoms with E-state index in [1.54, 1.807) is 26.4 Å². The van der Waals surface area contributed by atoms with Crippen molar-refractivity contribution in [2.45, 2.75) is 32.9 Å². The number of fused-ring (bicyclic) bond motifs is 2. The lowest BCUT2D eigenvalue weighted by molar-refractivity contribution is 0.249. The van der Waals surface area contributed by atoms with Gasteiger partial charge in [0.05, 0.1) is 40.4 Å². The summed E-state index contributed by atoms with van der Waals surface area (Å²) in [7, 11) is 1.58. The van der Waals surface area contributed by atoms with Crippen LogP contribution in [0.25, 0.3) is 21.9 Å². The zero-order valence-corrected chi connectivity index (χ0v) is 22.0. The molecule has 0 spiro atoms. The summed E-state index contributed by atoms with van der Waals surface area (Å²) < 4.78 is 25.7. The first kappa shape index (κ1) is 25.0. The molecule has 37 heavy (non-hydrogen) atoms. The summed E-state index contributed by atoms with van der Waals surface area (Å²) in [5.41, 5.74) is 3.65. The van der Waals surface area contributed by atoms with E-state index in [0.717, 1.165) is 34.9 Å². The van der Waals surface area contributed by atoms with Crippen molar-refractivity contribution in [1.29, 1.82) is 0 Å². The monoisotopic (exact) mass is 565 g/mol. The number of pyridine rings is 2. The van der Waals surface area contributed by atoms with Gasteiger partial charge in [0.25, 0.3) is 0 Å². The Bertz CT molecular complexity index is 1630. The second-order valence-electron chi connectivity index (χ2n) is 8.88. The SMILES string of the molecule is COc1cc(CN(CCCc2cncc3[nH]ncc23)Cc2c(C)oc3cc(Br)c(F)cc3c2=O)ccn1. The molecule has 0 fully saturated rings. The summed E-state index contributed by atoms with van der Waals surface area (Å²) in [6.45, 7) is 3.39. The number of nitrogens with one attached hydrogen (secondary N) is 1. The van der Waals surface area contributed by atoms with Crippen molar-refractivity contribution in [2.24, 2.45) is 0 Å². The lowest BCUT2D eigenvalue weighted by Crippen LogP contribution is -2.28. The Kier molecular flexibility index (Phi) is 7.29. The molecule has 0 saturated heterocycles. The maximum Gasteiger partial charge on any atom is 0.213 e. The average Bonchev–Trinajstić information content (AvgIpc) is 3.38. The van der Waals surface area contributed by atoms with Crippen LogP contribution in [0.4, 0.5) is 4.39 Å². The van der Waals surface area contributed by atoms with Crippen molar-refractivity contribution in [1.82, 2.24) is 25.1 Å². The number of hydrogen-bond acceptors (Lipinski definition) is 7. The van der Waals surface area contributed by atoms with Crippen LogP contribution in [0.2, 0.25) is 0 Å². The van der Waals surface area contributed by atoms with Crippen molar-refractivity contribution >= 4 is 37.8 Å². The molecule has 4 heterocycles. The van der Waals surface area contributed by atoms with Gasteiger partial charge in [-0.15, -0.1) is 0 Å². The fourth-order valence-electron chi connectivity index (χ4n) is 4.49. The van der Waals surface area contributed by atoms with E-state index in [2.05, 4.69) is 41.0 Å². The fourth-order valence-corrected chi connectivity index (χ4v) is 4.82. The minimum atomic E-state index is -0.502. The molecule has 0 aliphatic rings. The highest BCUT2D eigenvalue weighted by Gasteiger charge is 2.18. The van der Waals surface area contributed by atoms with Gasteiger partial charge >= 0.3 is 0 Å². The zero-order chi connectivity index (χ0) is 25.9.